The number of fused-ring (bicyclic) bond motifs is 1. The number of hydrogen-bond donors (Lipinski definition) is 1. The van der Waals surface area contributed by atoms with Gasteiger partial charge >= 0.3 is 0 Å². The number of benzene rings is 1. The van der Waals surface area contributed by atoms with E-state index in [1.807, 2.05) is 6.07 Å². The zero-order valence-electron chi connectivity index (χ0n) is 11.6. The van der Waals surface area contributed by atoms with E-state index in [1.165, 1.54) is 0 Å². The fraction of sp³-hybridized carbons (Fsp3) is 0.467. The largest absolute Gasteiger partial charge is 0.391 e. The monoisotopic (exact) mass is 257 g/mol. The fourth-order valence-corrected chi connectivity index (χ4v) is 2.89. The molecular formula is C15H19N3O. The number of para-hydroxylation sites is 1. The molecule has 0 saturated carbocycles. The summed E-state index contributed by atoms with van der Waals surface area (Å²) < 4.78 is 0. The molecule has 1 unspecified atom stereocenters. The number of anilines is 1. The minimum Gasteiger partial charge on any atom is -0.391 e. The van der Waals surface area contributed by atoms with E-state index in [0.717, 1.165) is 35.2 Å². The molecular weight excluding hydrogens is 238 g/mol. The van der Waals surface area contributed by atoms with Gasteiger partial charge in [-0.05, 0) is 38.8 Å². The van der Waals surface area contributed by atoms with Gasteiger partial charge in [0.1, 0.15) is 12.1 Å². The van der Waals surface area contributed by atoms with Crippen molar-refractivity contribution in [1.82, 2.24) is 9.97 Å². The van der Waals surface area contributed by atoms with Crippen LogP contribution in [0.4, 0.5) is 5.82 Å². The van der Waals surface area contributed by atoms with Crippen molar-refractivity contribution in [3.8, 4) is 0 Å². The first-order valence-electron chi connectivity index (χ1n) is 6.68. The lowest BCUT2D eigenvalue weighted by Gasteiger charge is -2.35. The van der Waals surface area contributed by atoms with Crippen LogP contribution in [0.15, 0.2) is 24.5 Å². The minimum absolute atomic E-state index is 0.287. The van der Waals surface area contributed by atoms with Crippen LogP contribution in [-0.2, 0) is 0 Å². The van der Waals surface area contributed by atoms with Crippen molar-refractivity contribution in [1.29, 1.82) is 0 Å². The summed E-state index contributed by atoms with van der Waals surface area (Å²) in [5.74, 6) is 0.926. The van der Waals surface area contributed by atoms with Gasteiger partial charge in [0.25, 0.3) is 0 Å². The first-order valence-corrected chi connectivity index (χ1v) is 6.68. The first kappa shape index (κ1) is 12.4. The molecule has 2 heterocycles. The summed E-state index contributed by atoms with van der Waals surface area (Å²) in [5, 5.41) is 11.2. The van der Waals surface area contributed by atoms with Crippen molar-refractivity contribution >= 4 is 16.7 Å². The van der Waals surface area contributed by atoms with Crippen LogP contribution in [-0.4, -0.2) is 33.3 Å². The summed E-state index contributed by atoms with van der Waals surface area (Å²) in [6, 6.07) is 6.14. The summed E-state index contributed by atoms with van der Waals surface area (Å²) in [4.78, 5) is 11.0. The lowest BCUT2D eigenvalue weighted by atomic mass is 9.98. The molecule has 100 valence electrons. The summed E-state index contributed by atoms with van der Waals surface area (Å²) in [6.45, 7) is 7.01. The van der Waals surface area contributed by atoms with Gasteiger partial charge in [-0.15, -0.1) is 0 Å². The molecule has 4 heteroatoms. The van der Waals surface area contributed by atoms with Crippen molar-refractivity contribution < 1.29 is 5.11 Å². The number of nitrogens with zero attached hydrogens (tertiary/aromatic N) is 3. The van der Waals surface area contributed by atoms with Gasteiger partial charge in [0, 0.05) is 11.9 Å². The highest BCUT2D eigenvalue weighted by molar-refractivity contribution is 5.91. The summed E-state index contributed by atoms with van der Waals surface area (Å²) >= 11 is 0. The Morgan fingerprint density at radius 2 is 2.11 bits per heavy atom. The third-order valence-electron chi connectivity index (χ3n) is 4.24. The molecule has 0 radical (unpaired) electrons. The van der Waals surface area contributed by atoms with Crippen LogP contribution in [0.1, 0.15) is 25.8 Å². The number of rotatable bonds is 1. The molecule has 1 N–H and O–H groups in total. The standard InChI is InChI=1S/C15H19N3O/c1-10-5-4-6-11-13(10)16-9-17-14(11)18-8-7-12(19)15(18,2)3/h4-6,9,12,19H,7-8H2,1-3H3. The Labute approximate surface area is 113 Å². The third-order valence-corrected chi connectivity index (χ3v) is 4.24. The van der Waals surface area contributed by atoms with E-state index in [9.17, 15) is 5.11 Å². The van der Waals surface area contributed by atoms with Gasteiger partial charge in [0.15, 0.2) is 0 Å². The van der Waals surface area contributed by atoms with Crippen molar-refractivity contribution in [2.45, 2.75) is 38.8 Å². The molecule has 1 atom stereocenters. The molecule has 19 heavy (non-hydrogen) atoms. The number of aliphatic hydroxyl groups excluding tert-OH is 1. The van der Waals surface area contributed by atoms with E-state index >= 15 is 0 Å². The van der Waals surface area contributed by atoms with Crippen molar-refractivity contribution in [3.05, 3.63) is 30.1 Å². The van der Waals surface area contributed by atoms with Crippen LogP contribution < -0.4 is 4.90 Å². The van der Waals surface area contributed by atoms with Crippen LogP contribution in [0, 0.1) is 6.92 Å². The summed E-state index contributed by atoms with van der Waals surface area (Å²) in [5.41, 5.74) is 1.86. The van der Waals surface area contributed by atoms with Gasteiger partial charge in [-0.1, -0.05) is 12.1 Å². The Hall–Kier alpha value is -1.68. The number of aryl methyl sites for hydroxylation is 1. The average Bonchev–Trinajstić information content (AvgIpc) is 2.64. The maximum absolute atomic E-state index is 10.1. The quantitative estimate of drug-likeness (QED) is 0.851. The molecule has 1 aromatic heterocycles. The molecule has 0 aliphatic carbocycles. The van der Waals surface area contributed by atoms with Crippen molar-refractivity contribution in [2.75, 3.05) is 11.4 Å². The highest BCUT2D eigenvalue weighted by Crippen LogP contribution is 2.36. The normalized spacial score (nSPS) is 22.1. The van der Waals surface area contributed by atoms with Crippen molar-refractivity contribution in [3.63, 3.8) is 0 Å². The molecule has 2 aromatic rings. The van der Waals surface area contributed by atoms with Crippen LogP contribution in [0.3, 0.4) is 0 Å². The van der Waals surface area contributed by atoms with E-state index in [4.69, 9.17) is 0 Å². The predicted octanol–water partition coefficient (Wildman–Crippen LogP) is 2.29. The lowest BCUT2D eigenvalue weighted by Crippen LogP contribution is -2.45. The zero-order chi connectivity index (χ0) is 13.6. The van der Waals surface area contributed by atoms with Gasteiger partial charge in [-0.25, -0.2) is 9.97 Å². The molecule has 0 bridgehead atoms. The SMILES string of the molecule is Cc1cccc2c(N3CCC(O)C3(C)C)ncnc12. The Kier molecular flexibility index (Phi) is 2.71. The van der Waals surface area contributed by atoms with Gasteiger partial charge < -0.3 is 10.0 Å². The second kappa shape index (κ2) is 4.17. The Morgan fingerprint density at radius 3 is 2.79 bits per heavy atom. The average molecular weight is 257 g/mol. The van der Waals surface area contributed by atoms with E-state index in [2.05, 4.69) is 47.8 Å². The van der Waals surface area contributed by atoms with Gasteiger partial charge in [0.05, 0.1) is 17.2 Å². The van der Waals surface area contributed by atoms with Crippen LogP contribution in [0.5, 0.6) is 0 Å². The smallest absolute Gasteiger partial charge is 0.140 e. The Balaban J connectivity index is 2.19. The third kappa shape index (κ3) is 1.78. The number of aromatic nitrogens is 2. The number of aliphatic hydroxyl groups is 1. The molecule has 4 nitrogen and oxygen atoms in total. The van der Waals surface area contributed by atoms with E-state index in [-0.39, 0.29) is 11.6 Å². The molecule has 0 amide bonds. The predicted molar refractivity (Wildman–Crippen MR) is 76.3 cm³/mol. The maximum atomic E-state index is 10.1. The van der Waals surface area contributed by atoms with E-state index in [1.54, 1.807) is 6.33 Å². The lowest BCUT2D eigenvalue weighted by molar-refractivity contribution is 0.127. The van der Waals surface area contributed by atoms with E-state index < -0.39 is 0 Å². The Morgan fingerprint density at radius 1 is 1.32 bits per heavy atom. The highest BCUT2D eigenvalue weighted by atomic mass is 16.3. The first-order chi connectivity index (χ1) is 9.01. The van der Waals surface area contributed by atoms with Crippen LogP contribution in [0.2, 0.25) is 0 Å². The second-order valence-electron chi connectivity index (χ2n) is 5.78. The fourth-order valence-electron chi connectivity index (χ4n) is 2.89. The van der Waals surface area contributed by atoms with Gasteiger partial charge in [0.2, 0.25) is 0 Å². The van der Waals surface area contributed by atoms with Gasteiger partial charge in [-0.2, -0.15) is 0 Å². The molecule has 3 rings (SSSR count). The van der Waals surface area contributed by atoms with Crippen LogP contribution in [0.25, 0.3) is 10.9 Å². The summed E-state index contributed by atoms with van der Waals surface area (Å²) in [7, 11) is 0. The second-order valence-corrected chi connectivity index (χ2v) is 5.78. The summed E-state index contributed by atoms with van der Waals surface area (Å²) in [6.07, 6.45) is 2.08. The molecule has 1 aliphatic rings. The topological polar surface area (TPSA) is 49.2 Å². The molecule has 0 spiro atoms. The molecule has 1 aromatic carbocycles. The molecule has 1 saturated heterocycles. The van der Waals surface area contributed by atoms with Crippen LogP contribution >= 0.6 is 0 Å². The maximum Gasteiger partial charge on any atom is 0.140 e. The van der Waals surface area contributed by atoms with Gasteiger partial charge in [-0.3, -0.25) is 0 Å². The Bertz CT molecular complexity index is 624. The van der Waals surface area contributed by atoms with E-state index in [0.29, 0.717) is 0 Å². The molecule has 1 fully saturated rings. The minimum atomic E-state index is -0.317. The number of hydrogen-bond acceptors (Lipinski definition) is 4. The zero-order valence-corrected chi connectivity index (χ0v) is 11.6. The molecule has 1 aliphatic heterocycles. The van der Waals surface area contributed by atoms with Crippen molar-refractivity contribution in [2.24, 2.45) is 0 Å². The highest BCUT2D eigenvalue weighted by Gasteiger charge is 2.41.